The molecule has 19 heavy (non-hydrogen) atoms. The van der Waals surface area contributed by atoms with Gasteiger partial charge >= 0.3 is 11.9 Å². The van der Waals surface area contributed by atoms with Crippen molar-refractivity contribution in [3.05, 3.63) is 0 Å². The fourth-order valence-corrected chi connectivity index (χ4v) is 3.46. The molecule has 0 aliphatic rings. The first-order valence-corrected chi connectivity index (χ1v) is 7.20. The van der Waals surface area contributed by atoms with Crippen molar-refractivity contribution in [2.75, 3.05) is 0 Å². The van der Waals surface area contributed by atoms with Crippen LogP contribution in [0.15, 0.2) is 0 Å². The van der Waals surface area contributed by atoms with Crippen molar-refractivity contribution in [3.8, 4) is 0 Å². The van der Waals surface area contributed by atoms with E-state index in [0.29, 0.717) is 32.1 Å². The molecule has 0 aliphatic heterocycles. The molecular formula is C15H28O4. The van der Waals surface area contributed by atoms with Crippen molar-refractivity contribution in [3.63, 3.8) is 0 Å². The average Bonchev–Trinajstić information content (AvgIpc) is 2.32. The van der Waals surface area contributed by atoms with Crippen LogP contribution in [-0.4, -0.2) is 22.2 Å². The molecule has 0 aliphatic carbocycles. The number of carboxylic acid groups (broad SMARTS) is 2. The molecule has 0 radical (unpaired) electrons. The van der Waals surface area contributed by atoms with Gasteiger partial charge in [-0.15, -0.1) is 0 Å². The molecule has 2 unspecified atom stereocenters. The summed E-state index contributed by atoms with van der Waals surface area (Å²) in [6.07, 6.45) is 2.18. The molecule has 4 heteroatoms. The lowest BCUT2D eigenvalue weighted by molar-refractivity contribution is -0.178. The second-order valence-corrected chi connectivity index (χ2v) is 5.83. The number of rotatable bonds is 9. The Bertz CT molecular complexity index is 324. The van der Waals surface area contributed by atoms with Crippen LogP contribution in [0.5, 0.6) is 0 Å². The Labute approximate surface area is 116 Å². The quantitative estimate of drug-likeness (QED) is 0.669. The molecule has 0 aromatic carbocycles. The van der Waals surface area contributed by atoms with E-state index in [1.807, 2.05) is 20.8 Å². The van der Waals surface area contributed by atoms with E-state index in [2.05, 4.69) is 0 Å². The number of hydrogen-bond acceptors (Lipinski definition) is 2. The van der Waals surface area contributed by atoms with E-state index >= 15 is 0 Å². The van der Waals surface area contributed by atoms with Crippen LogP contribution in [0.2, 0.25) is 0 Å². The Morgan fingerprint density at radius 2 is 1.37 bits per heavy atom. The highest BCUT2D eigenvalue weighted by Gasteiger charge is 2.58. The molecule has 2 N–H and O–H groups in total. The SMILES string of the molecule is CCCC(CC)(C(=O)O)C(CC)(CC(C)C)C(=O)O. The zero-order valence-electron chi connectivity index (χ0n) is 12.8. The Balaban J connectivity index is 5.99. The number of carboxylic acids is 2. The summed E-state index contributed by atoms with van der Waals surface area (Å²) >= 11 is 0. The van der Waals surface area contributed by atoms with Gasteiger partial charge in [0.15, 0.2) is 0 Å². The van der Waals surface area contributed by atoms with E-state index in [0.717, 1.165) is 0 Å². The Morgan fingerprint density at radius 3 is 1.58 bits per heavy atom. The first-order chi connectivity index (χ1) is 8.74. The Hall–Kier alpha value is -1.06. The number of hydrogen-bond donors (Lipinski definition) is 2. The highest BCUT2D eigenvalue weighted by molar-refractivity contribution is 5.86. The zero-order chi connectivity index (χ0) is 15.3. The van der Waals surface area contributed by atoms with Crippen LogP contribution < -0.4 is 0 Å². The van der Waals surface area contributed by atoms with Crippen molar-refractivity contribution in [1.29, 1.82) is 0 Å². The summed E-state index contributed by atoms with van der Waals surface area (Å²) in [5, 5.41) is 19.5. The fraction of sp³-hybridized carbons (Fsp3) is 0.867. The monoisotopic (exact) mass is 272 g/mol. The smallest absolute Gasteiger partial charge is 0.310 e. The number of aliphatic carboxylic acids is 2. The predicted molar refractivity (Wildman–Crippen MR) is 75.1 cm³/mol. The molecule has 2 atom stereocenters. The normalized spacial score (nSPS) is 17.8. The molecule has 0 aromatic heterocycles. The number of carbonyl (C=O) groups is 2. The minimum absolute atomic E-state index is 0.151. The van der Waals surface area contributed by atoms with E-state index in [4.69, 9.17) is 0 Å². The second-order valence-electron chi connectivity index (χ2n) is 5.83. The summed E-state index contributed by atoms with van der Waals surface area (Å²) in [5.74, 6) is -1.79. The van der Waals surface area contributed by atoms with Crippen LogP contribution >= 0.6 is 0 Å². The molecular weight excluding hydrogens is 244 g/mol. The first kappa shape index (κ1) is 17.9. The second kappa shape index (κ2) is 6.92. The predicted octanol–water partition coefficient (Wildman–Crippen LogP) is 3.79. The highest BCUT2D eigenvalue weighted by Crippen LogP contribution is 2.52. The summed E-state index contributed by atoms with van der Waals surface area (Å²) in [6, 6.07) is 0. The van der Waals surface area contributed by atoms with Gasteiger partial charge in [-0.05, 0) is 31.6 Å². The molecule has 0 heterocycles. The third-order valence-corrected chi connectivity index (χ3v) is 4.38. The maximum absolute atomic E-state index is 11.9. The van der Waals surface area contributed by atoms with Crippen molar-refractivity contribution in [2.24, 2.45) is 16.7 Å². The first-order valence-electron chi connectivity index (χ1n) is 7.20. The Kier molecular flexibility index (Phi) is 6.53. The van der Waals surface area contributed by atoms with E-state index in [-0.39, 0.29) is 5.92 Å². The van der Waals surface area contributed by atoms with E-state index in [1.165, 1.54) is 0 Å². The molecule has 0 saturated heterocycles. The topological polar surface area (TPSA) is 74.6 Å². The van der Waals surface area contributed by atoms with Gasteiger partial charge in [0.05, 0.1) is 10.8 Å². The van der Waals surface area contributed by atoms with Crippen LogP contribution in [0.4, 0.5) is 0 Å². The summed E-state index contributed by atoms with van der Waals surface area (Å²) < 4.78 is 0. The van der Waals surface area contributed by atoms with Crippen LogP contribution in [0.25, 0.3) is 0 Å². The van der Waals surface area contributed by atoms with Crippen molar-refractivity contribution >= 4 is 11.9 Å². The van der Waals surface area contributed by atoms with Gasteiger partial charge < -0.3 is 10.2 Å². The summed E-state index contributed by atoms with van der Waals surface area (Å²) in [6.45, 7) is 9.38. The molecule has 0 rings (SSSR count). The third-order valence-electron chi connectivity index (χ3n) is 4.38. The van der Waals surface area contributed by atoms with E-state index < -0.39 is 22.8 Å². The molecule has 0 bridgehead atoms. The van der Waals surface area contributed by atoms with Crippen molar-refractivity contribution in [1.82, 2.24) is 0 Å². The Morgan fingerprint density at radius 1 is 0.947 bits per heavy atom. The molecule has 0 amide bonds. The van der Waals surface area contributed by atoms with Gasteiger partial charge in [-0.3, -0.25) is 9.59 Å². The van der Waals surface area contributed by atoms with E-state index in [1.54, 1.807) is 13.8 Å². The van der Waals surface area contributed by atoms with Gasteiger partial charge in [0.2, 0.25) is 0 Å². The highest BCUT2D eigenvalue weighted by atomic mass is 16.4. The standard InChI is InChI=1S/C15H28O4/c1-6-9-14(7-2,12(16)17)15(8-3,13(18)19)10-11(4)5/h11H,6-10H2,1-5H3,(H,16,17)(H,18,19). The molecule has 0 fully saturated rings. The van der Waals surface area contributed by atoms with Gasteiger partial charge in [0.1, 0.15) is 0 Å². The molecule has 0 aromatic rings. The van der Waals surface area contributed by atoms with Crippen LogP contribution in [-0.2, 0) is 9.59 Å². The minimum atomic E-state index is -1.18. The molecule has 4 nitrogen and oxygen atoms in total. The van der Waals surface area contributed by atoms with Gasteiger partial charge in [0.25, 0.3) is 0 Å². The summed E-state index contributed by atoms with van der Waals surface area (Å²) in [5.41, 5.74) is -2.36. The van der Waals surface area contributed by atoms with Crippen LogP contribution in [0.3, 0.4) is 0 Å². The van der Waals surface area contributed by atoms with Gasteiger partial charge in [-0.2, -0.15) is 0 Å². The lowest BCUT2D eigenvalue weighted by Crippen LogP contribution is -2.52. The fourth-order valence-electron chi connectivity index (χ4n) is 3.46. The lowest BCUT2D eigenvalue weighted by atomic mass is 9.55. The van der Waals surface area contributed by atoms with Crippen LogP contribution in [0.1, 0.15) is 66.7 Å². The molecule has 0 saturated carbocycles. The average molecular weight is 272 g/mol. The van der Waals surface area contributed by atoms with Crippen molar-refractivity contribution < 1.29 is 19.8 Å². The van der Waals surface area contributed by atoms with Gasteiger partial charge in [0, 0.05) is 0 Å². The summed E-state index contributed by atoms with van der Waals surface area (Å²) in [7, 11) is 0. The maximum Gasteiger partial charge on any atom is 0.310 e. The third kappa shape index (κ3) is 3.10. The largest absolute Gasteiger partial charge is 0.481 e. The van der Waals surface area contributed by atoms with E-state index in [9.17, 15) is 19.8 Å². The summed E-state index contributed by atoms with van der Waals surface area (Å²) in [4.78, 5) is 23.8. The maximum atomic E-state index is 11.9. The lowest BCUT2D eigenvalue weighted by Gasteiger charge is -2.45. The van der Waals surface area contributed by atoms with Gasteiger partial charge in [-0.25, -0.2) is 0 Å². The van der Waals surface area contributed by atoms with Crippen LogP contribution in [0, 0.1) is 16.7 Å². The zero-order valence-corrected chi connectivity index (χ0v) is 12.8. The van der Waals surface area contributed by atoms with Gasteiger partial charge in [-0.1, -0.05) is 41.0 Å². The molecule has 112 valence electrons. The minimum Gasteiger partial charge on any atom is -0.481 e. The van der Waals surface area contributed by atoms with Crippen molar-refractivity contribution in [2.45, 2.75) is 66.7 Å². The molecule has 0 spiro atoms.